The van der Waals surface area contributed by atoms with Gasteiger partial charge in [0.2, 0.25) is 0 Å². The number of alkyl halides is 2. The van der Waals surface area contributed by atoms with Gasteiger partial charge in [-0.25, -0.2) is 32.2 Å². The second-order valence-electron chi connectivity index (χ2n) is 9.31. The Labute approximate surface area is 214 Å². The molecule has 9 nitrogen and oxygen atoms in total. The molecule has 3 aromatic heterocycles. The first-order valence-electron chi connectivity index (χ1n) is 11.8. The molecule has 2 atom stereocenters. The van der Waals surface area contributed by atoms with Crippen LogP contribution < -0.4 is 15.4 Å². The van der Waals surface area contributed by atoms with E-state index in [1.165, 1.54) is 19.6 Å². The molecule has 3 N–H and O–H groups in total. The first-order chi connectivity index (χ1) is 18.2. The highest BCUT2D eigenvalue weighted by Crippen LogP contribution is 2.34. The summed E-state index contributed by atoms with van der Waals surface area (Å²) in [6, 6.07) is 3.53. The van der Waals surface area contributed by atoms with Gasteiger partial charge >= 0.3 is 0 Å². The summed E-state index contributed by atoms with van der Waals surface area (Å²) < 4.78 is 62.5. The summed E-state index contributed by atoms with van der Waals surface area (Å²) in [5, 5.41) is 15.2. The van der Waals surface area contributed by atoms with Crippen molar-refractivity contribution in [2.45, 2.75) is 37.5 Å². The van der Waals surface area contributed by atoms with Crippen LogP contribution in [0.25, 0.3) is 22.3 Å². The zero-order chi connectivity index (χ0) is 27.0. The monoisotopic (exact) mass is 531 g/mol. The van der Waals surface area contributed by atoms with Crippen LogP contribution in [0.1, 0.15) is 18.4 Å². The molecule has 0 amide bonds. The van der Waals surface area contributed by atoms with Crippen LogP contribution in [-0.2, 0) is 6.54 Å². The number of aromatic nitrogens is 5. The van der Waals surface area contributed by atoms with Crippen molar-refractivity contribution in [3.05, 3.63) is 60.3 Å². The molecule has 38 heavy (non-hydrogen) atoms. The summed E-state index contributed by atoms with van der Waals surface area (Å²) in [4.78, 5) is 14.4. The van der Waals surface area contributed by atoms with Gasteiger partial charge in [0.25, 0.3) is 6.43 Å². The van der Waals surface area contributed by atoms with Crippen molar-refractivity contribution >= 4 is 16.7 Å². The second-order valence-corrected chi connectivity index (χ2v) is 9.31. The van der Waals surface area contributed by atoms with E-state index >= 15 is 0 Å². The van der Waals surface area contributed by atoms with E-state index in [0.29, 0.717) is 35.2 Å². The summed E-state index contributed by atoms with van der Waals surface area (Å²) in [6.45, 7) is 0.563. The molecule has 1 saturated heterocycles. The molecule has 5 rings (SSSR count). The lowest BCUT2D eigenvalue weighted by Gasteiger charge is -2.44. The van der Waals surface area contributed by atoms with Gasteiger partial charge in [-0.3, -0.25) is 4.98 Å². The molecule has 0 saturated carbocycles. The number of nitrogens with zero attached hydrogens (tertiary/aromatic N) is 6. The molecule has 0 aliphatic carbocycles. The molecular formula is C25H25F4N7O2. The van der Waals surface area contributed by atoms with Crippen LogP contribution in [0.5, 0.6) is 5.75 Å². The van der Waals surface area contributed by atoms with E-state index in [4.69, 9.17) is 10.5 Å². The Balaban J connectivity index is 1.59. The molecule has 1 aliphatic heterocycles. The SMILES string of the molecule is COc1cc(F)c(-c2cc(Cn3ncc4cncnc43)c(N3CCC[C@](N)([C@H](O)C(F)F)C3)cn2)cc1F. The smallest absolute Gasteiger partial charge is 0.265 e. The highest BCUT2D eigenvalue weighted by molar-refractivity contribution is 5.73. The molecule has 0 bridgehead atoms. The summed E-state index contributed by atoms with van der Waals surface area (Å²) in [5.41, 5.74) is 6.45. The average Bonchev–Trinajstić information content (AvgIpc) is 3.32. The van der Waals surface area contributed by atoms with E-state index in [1.54, 1.807) is 28.0 Å². The number of benzene rings is 1. The van der Waals surface area contributed by atoms with Crippen LogP contribution in [0.3, 0.4) is 0 Å². The van der Waals surface area contributed by atoms with Gasteiger partial charge in [-0.1, -0.05) is 0 Å². The average molecular weight is 532 g/mol. The molecule has 1 aromatic carbocycles. The van der Waals surface area contributed by atoms with Crippen molar-refractivity contribution in [1.82, 2.24) is 24.7 Å². The van der Waals surface area contributed by atoms with Crippen molar-refractivity contribution in [3.63, 3.8) is 0 Å². The van der Waals surface area contributed by atoms with Crippen LogP contribution in [0.2, 0.25) is 0 Å². The third-order valence-electron chi connectivity index (χ3n) is 6.83. The van der Waals surface area contributed by atoms with Crippen molar-refractivity contribution in [3.8, 4) is 17.0 Å². The summed E-state index contributed by atoms with van der Waals surface area (Å²) in [6.07, 6.45) is 1.72. The number of halogens is 4. The maximum Gasteiger partial charge on any atom is 0.265 e. The lowest BCUT2D eigenvalue weighted by Crippen LogP contribution is -2.63. The van der Waals surface area contributed by atoms with E-state index in [1.807, 2.05) is 0 Å². The predicted octanol–water partition coefficient (Wildman–Crippen LogP) is 3.15. The Bertz CT molecular complexity index is 1470. The number of ether oxygens (including phenoxy) is 1. The first-order valence-corrected chi connectivity index (χ1v) is 11.8. The van der Waals surface area contributed by atoms with Gasteiger partial charge in [-0.2, -0.15) is 5.10 Å². The van der Waals surface area contributed by atoms with Gasteiger partial charge in [0.05, 0.1) is 48.4 Å². The number of fused-ring (bicyclic) bond motifs is 1. The number of hydrogen-bond acceptors (Lipinski definition) is 8. The number of rotatable bonds is 7. The second kappa shape index (κ2) is 10.1. The summed E-state index contributed by atoms with van der Waals surface area (Å²) in [7, 11) is 1.24. The van der Waals surface area contributed by atoms with E-state index in [0.717, 1.165) is 12.1 Å². The number of piperidine rings is 1. The molecule has 1 aliphatic rings. The standard InChI is InChI=1S/C25H25F4N7O2/c1-38-21-7-17(26)16(6-18(21)27)19-5-14(11-36-24-15(9-34-36)8-31-13-33-24)20(10-32-19)35-4-2-3-25(30,12-35)22(37)23(28)29/h5-10,13,22-23,37H,2-4,11-12,30H2,1H3/t22-,25-/m1/s1. The lowest BCUT2D eigenvalue weighted by molar-refractivity contribution is -0.0529. The maximum absolute atomic E-state index is 14.9. The quantitative estimate of drug-likeness (QED) is 0.350. The molecule has 0 unspecified atom stereocenters. The minimum Gasteiger partial charge on any atom is -0.494 e. The van der Waals surface area contributed by atoms with Gasteiger partial charge in [-0.05, 0) is 25.0 Å². The number of nitrogens with two attached hydrogens (primary N) is 1. The molecular weight excluding hydrogens is 506 g/mol. The van der Waals surface area contributed by atoms with Crippen molar-refractivity contribution in [2.24, 2.45) is 5.73 Å². The normalized spacial score (nSPS) is 18.8. The van der Waals surface area contributed by atoms with Crippen molar-refractivity contribution in [1.29, 1.82) is 0 Å². The number of pyridine rings is 1. The first kappa shape index (κ1) is 25.8. The van der Waals surface area contributed by atoms with Crippen LogP contribution in [-0.4, -0.2) is 68.1 Å². The Morgan fingerprint density at radius 3 is 2.71 bits per heavy atom. The number of hydrogen-bond donors (Lipinski definition) is 2. The molecule has 13 heteroatoms. The fourth-order valence-corrected chi connectivity index (χ4v) is 4.84. The summed E-state index contributed by atoms with van der Waals surface area (Å²) >= 11 is 0. The number of aliphatic hydroxyl groups is 1. The van der Waals surface area contributed by atoms with Crippen molar-refractivity contribution < 1.29 is 27.4 Å². The lowest BCUT2D eigenvalue weighted by atomic mass is 9.84. The number of aliphatic hydroxyl groups excluding tert-OH is 1. The topological polar surface area (TPSA) is 115 Å². The minimum atomic E-state index is -3.00. The van der Waals surface area contributed by atoms with E-state index in [-0.39, 0.29) is 36.5 Å². The highest BCUT2D eigenvalue weighted by Gasteiger charge is 2.43. The van der Waals surface area contributed by atoms with Crippen LogP contribution in [0, 0.1) is 11.6 Å². The van der Waals surface area contributed by atoms with Gasteiger partial charge < -0.3 is 20.5 Å². The van der Waals surface area contributed by atoms with E-state index in [2.05, 4.69) is 20.1 Å². The molecule has 4 heterocycles. The van der Waals surface area contributed by atoms with Crippen LogP contribution in [0.15, 0.2) is 43.1 Å². The van der Waals surface area contributed by atoms with Gasteiger partial charge in [-0.15, -0.1) is 0 Å². The van der Waals surface area contributed by atoms with Crippen LogP contribution >= 0.6 is 0 Å². The Morgan fingerprint density at radius 1 is 1.13 bits per heavy atom. The van der Waals surface area contributed by atoms with E-state index < -0.39 is 29.7 Å². The maximum atomic E-state index is 14.9. The third-order valence-corrected chi connectivity index (χ3v) is 6.83. The zero-order valence-corrected chi connectivity index (χ0v) is 20.4. The van der Waals surface area contributed by atoms with Gasteiger partial charge in [0.15, 0.2) is 17.2 Å². The number of anilines is 1. The molecule has 0 spiro atoms. The molecule has 200 valence electrons. The summed E-state index contributed by atoms with van der Waals surface area (Å²) in [5.74, 6) is -1.72. The zero-order valence-electron chi connectivity index (χ0n) is 20.4. The van der Waals surface area contributed by atoms with Crippen molar-refractivity contribution in [2.75, 3.05) is 25.1 Å². The molecule has 1 fully saturated rings. The fourth-order valence-electron chi connectivity index (χ4n) is 4.84. The molecule has 4 aromatic rings. The minimum absolute atomic E-state index is 0.0555. The van der Waals surface area contributed by atoms with Crippen LogP contribution in [0.4, 0.5) is 23.2 Å². The molecule has 0 radical (unpaired) electrons. The van der Waals surface area contributed by atoms with E-state index in [9.17, 15) is 22.7 Å². The Hall–Kier alpha value is -3.84. The third kappa shape index (κ3) is 4.74. The Kier molecular flexibility index (Phi) is 6.88. The number of methoxy groups -OCH3 is 1. The predicted molar refractivity (Wildman–Crippen MR) is 131 cm³/mol. The Morgan fingerprint density at radius 2 is 1.95 bits per heavy atom. The highest BCUT2D eigenvalue weighted by atomic mass is 19.3. The largest absolute Gasteiger partial charge is 0.494 e. The van der Waals surface area contributed by atoms with Gasteiger partial charge in [0.1, 0.15) is 18.2 Å². The van der Waals surface area contributed by atoms with Gasteiger partial charge in [0, 0.05) is 36.5 Å². The fraction of sp³-hybridized carbons (Fsp3) is 0.360.